The quantitative estimate of drug-likeness (QED) is 0.531. The SMILES string of the molecule is COC(=O)c1cc(C(=O)Nc2ccccc2)cc([N+](=O)[O-])c1. The van der Waals surface area contributed by atoms with Crippen LogP contribution in [-0.4, -0.2) is 23.9 Å². The average molecular weight is 300 g/mol. The summed E-state index contributed by atoms with van der Waals surface area (Å²) in [6, 6.07) is 12.0. The van der Waals surface area contributed by atoms with Crippen LogP contribution in [0.15, 0.2) is 48.5 Å². The summed E-state index contributed by atoms with van der Waals surface area (Å²) in [4.78, 5) is 34.0. The predicted octanol–water partition coefficient (Wildman–Crippen LogP) is 2.63. The van der Waals surface area contributed by atoms with Crippen LogP contribution in [0.3, 0.4) is 0 Å². The molecule has 1 amide bonds. The van der Waals surface area contributed by atoms with Gasteiger partial charge in [0.05, 0.1) is 17.6 Å². The molecule has 0 radical (unpaired) electrons. The van der Waals surface area contributed by atoms with Crippen LogP contribution in [-0.2, 0) is 4.74 Å². The number of carbonyl (C=O) groups is 2. The van der Waals surface area contributed by atoms with Crippen molar-refractivity contribution < 1.29 is 19.2 Å². The van der Waals surface area contributed by atoms with E-state index in [-0.39, 0.29) is 16.8 Å². The number of esters is 1. The largest absolute Gasteiger partial charge is 0.465 e. The molecule has 0 unspecified atom stereocenters. The highest BCUT2D eigenvalue weighted by molar-refractivity contribution is 6.06. The van der Waals surface area contributed by atoms with Gasteiger partial charge in [0.1, 0.15) is 0 Å². The van der Waals surface area contributed by atoms with E-state index in [4.69, 9.17) is 0 Å². The molecule has 22 heavy (non-hydrogen) atoms. The normalized spacial score (nSPS) is 9.86. The van der Waals surface area contributed by atoms with Gasteiger partial charge in [-0.1, -0.05) is 18.2 Å². The van der Waals surface area contributed by atoms with Gasteiger partial charge in [-0.05, 0) is 18.2 Å². The molecule has 112 valence electrons. The number of hydrogen-bond acceptors (Lipinski definition) is 5. The first kappa shape index (κ1) is 15.2. The molecule has 0 spiro atoms. The van der Waals surface area contributed by atoms with Crippen LogP contribution in [0, 0.1) is 10.1 Å². The summed E-state index contributed by atoms with van der Waals surface area (Å²) in [5, 5.41) is 13.5. The van der Waals surface area contributed by atoms with Gasteiger partial charge >= 0.3 is 5.97 Å². The van der Waals surface area contributed by atoms with Crippen molar-refractivity contribution in [3.63, 3.8) is 0 Å². The van der Waals surface area contributed by atoms with Crippen molar-refractivity contribution in [1.82, 2.24) is 0 Å². The Bertz CT molecular complexity index is 728. The fraction of sp³-hybridized carbons (Fsp3) is 0.0667. The highest BCUT2D eigenvalue weighted by Crippen LogP contribution is 2.19. The first-order valence-electron chi connectivity index (χ1n) is 6.25. The lowest BCUT2D eigenvalue weighted by molar-refractivity contribution is -0.384. The minimum Gasteiger partial charge on any atom is -0.465 e. The number of nitro benzene ring substituents is 1. The number of ether oxygens (including phenoxy) is 1. The number of methoxy groups -OCH3 is 1. The molecule has 0 fully saturated rings. The molecule has 7 heteroatoms. The summed E-state index contributed by atoms with van der Waals surface area (Å²) in [6.07, 6.45) is 0. The molecule has 0 aliphatic carbocycles. The molecule has 1 N–H and O–H groups in total. The third kappa shape index (κ3) is 3.45. The zero-order chi connectivity index (χ0) is 16.1. The zero-order valence-electron chi connectivity index (χ0n) is 11.6. The van der Waals surface area contributed by atoms with Gasteiger partial charge in [0.25, 0.3) is 11.6 Å². The number of benzene rings is 2. The van der Waals surface area contributed by atoms with E-state index in [1.165, 1.54) is 6.07 Å². The average Bonchev–Trinajstić information content (AvgIpc) is 2.54. The van der Waals surface area contributed by atoms with Gasteiger partial charge in [-0.3, -0.25) is 14.9 Å². The summed E-state index contributed by atoms with van der Waals surface area (Å²) < 4.78 is 4.53. The Kier molecular flexibility index (Phi) is 4.47. The number of para-hydroxylation sites is 1. The Morgan fingerprint density at radius 1 is 1.09 bits per heavy atom. The van der Waals surface area contributed by atoms with E-state index in [9.17, 15) is 19.7 Å². The van der Waals surface area contributed by atoms with Crippen molar-refractivity contribution in [1.29, 1.82) is 0 Å². The van der Waals surface area contributed by atoms with Gasteiger partial charge in [0.15, 0.2) is 0 Å². The fourth-order valence-electron chi connectivity index (χ4n) is 1.81. The lowest BCUT2D eigenvalue weighted by Gasteiger charge is -2.06. The minimum absolute atomic E-state index is 0.00143. The summed E-state index contributed by atoms with van der Waals surface area (Å²) in [7, 11) is 1.16. The first-order chi connectivity index (χ1) is 10.5. The van der Waals surface area contributed by atoms with E-state index in [0.717, 1.165) is 19.2 Å². The molecule has 2 aromatic carbocycles. The molecule has 0 heterocycles. The third-order valence-corrected chi connectivity index (χ3v) is 2.84. The molecule has 2 aromatic rings. The maximum absolute atomic E-state index is 12.2. The molecule has 2 rings (SSSR count). The third-order valence-electron chi connectivity index (χ3n) is 2.84. The highest BCUT2D eigenvalue weighted by atomic mass is 16.6. The van der Waals surface area contributed by atoms with Crippen molar-refractivity contribution in [3.05, 3.63) is 69.8 Å². The summed E-state index contributed by atoms with van der Waals surface area (Å²) in [5.74, 6) is -1.31. The van der Waals surface area contributed by atoms with Gasteiger partial charge in [-0.25, -0.2) is 4.79 Å². The standard InChI is InChI=1S/C15H12N2O5/c1-22-15(19)11-7-10(8-13(9-11)17(20)21)14(18)16-12-5-3-2-4-6-12/h2-9H,1H3,(H,16,18). The van der Waals surface area contributed by atoms with Crippen LogP contribution in [0.2, 0.25) is 0 Å². The Balaban J connectivity index is 2.36. The summed E-state index contributed by atoms with van der Waals surface area (Å²) in [5.41, 5.74) is 0.119. The smallest absolute Gasteiger partial charge is 0.338 e. The van der Waals surface area contributed by atoms with Crippen molar-refractivity contribution in [2.24, 2.45) is 0 Å². The van der Waals surface area contributed by atoms with Crippen molar-refractivity contribution in [2.75, 3.05) is 12.4 Å². The molecule has 0 saturated carbocycles. The molecule has 0 atom stereocenters. The number of anilines is 1. The second-order valence-corrected chi connectivity index (χ2v) is 4.34. The molecular weight excluding hydrogens is 288 g/mol. The lowest BCUT2D eigenvalue weighted by atomic mass is 10.1. The molecule has 0 aliphatic rings. The van der Waals surface area contributed by atoms with E-state index < -0.39 is 16.8 Å². The number of hydrogen-bond donors (Lipinski definition) is 1. The first-order valence-corrected chi connectivity index (χ1v) is 6.25. The molecule has 0 saturated heterocycles. The number of amides is 1. The van der Waals surface area contributed by atoms with Crippen molar-refractivity contribution in [2.45, 2.75) is 0 Å². The van der Waals surface area contributed by atoms with Gasteiger partial charge in [0.2, 0.25) is 0 Å². The number of carbonyl (C=O) groups excluding carboxylic acids is 2. The second kappa shape index (κ2) is 6.49. The maximum Gasteiger partial charge on any atom is 0.338 e. The zero-order valence-corrected chi connectivity index (χ0v) is 11.6. The lowest BCUT2D eigenvalue weighted by Crippen LogP contribution is -2.13. The monoisotopic (exact) mass is 300 g/mol. The Hall–Kier alpha value is -3.22. The minimum atomic E-state index is -0.752. The molecule has 0 aromatic heterocycles. The number of non-ortho nitro benzene ring substituents is 1. The summed E-state index contributed by atoms with van der Waals surface area (Å²) in [6.45, 7) is 0. The van der Waals surface area contributed by atoms with E-state index in [2.05, 4.69) is 10.1 Å². The van der Waals surface area contributed by atoms with Crippen LogP contribution < -0.4 is 5.32 Å². The topological polar surface area (TPSA) is 98.5 Å². The van der Waals surface area contributed by atoms with Crippen LogP contribution in [0.5, 0.6) is 0 Å². The van der Waals surface area contributed by atoms with Crippen LogP contribution in [0.25, 0.3) is 0 Å². The summed E-state index contributed by atoms with van der Waals surface area (Å²) >= 11 is 0. The maximum atomic E-state index is 12.2. The molecule has 7 nitrogen and oxygen atoms in total. The van der Waals surface area contributed by atoms with Gasteiger partial charge in [-0.2, -0.15) is 0 Å². The Labute approximate surface area is 125 Å². The van der Waals surface area contributed by atoms with E-state index in [1.54, 1.807) is 30.3 Å². The van der Waals surface area contributed by atoms with Crippen LogP contribution >= 0.6 is 0 Å². The second-order valence-electron chi connectivity index (χ2n) is 4.34. The Morgan fingerprint density at radius 3 is 2.32 bits per heavy atom. The van der Waals surface area contributed by atoms with E-state index in [0.29, 0.717) is 5.69 Å². The number of rotatable bonds is 4. The van der Waals surface area contributed by atoms with E-state index in [1.807, 2.05) is 0 Å². The number of nitrogens with zero attached hydrogens (tertiary/aromatic N) is 1. The van der Waals surface area contributed by atoms with Gasteiger partial charge in [0, 0.05) is 23.4 Å². The molecule has 0 aliphatic heterocycles. The van der Waals surface area contributed by atoms with Gasteiger partial charge in [-0.15, -0.1) is 0 Å². The fourth-order valence-corrected chi connectivity index (χ4v) is 1.81. The number of nitro groups is 1. The van der Waals surface area contributed by atoms with Gasteiger partial charge < -0.3 is 10.1 Å². The highest BCUT2D eigenvalue weighted by Gasteiger charge is 2.18. The number of nitrogens with one attached hydrogen (secondary N) is 1. The van der Waals surface area contributed by atoms with Crippen LogP contribution in [0.1, 0.15) is 20.7 Å². The predicted molar refractivity (Wildman–Crippen MR) is 78.8 cm³/mol. The van der Waals surface area contributed by atoms with Crippen molar-refractivity contribution in [3.8, 4) is 0 Å². The van der Waals surface area contributed by atoms with Crippen molar-refractivity contribution >= 4 is 23.3 Å². The Morgan fingerprint density at radius 2 is 1.73 bits per heavy atom. The van der Waals surface area contributed by atoms with E-state index >= 15 is 0 Å². The van der Waals surface area contributed by atoms with Crippen LogP contribution in [0.4, 0.5) is 11.4 Å². The molecule has 0 bridgehead atoms. The molecular formula is C15H12N2O5.